The standard InChI is InChI=1S/C10H18N2O3/c1-10(2,3)12-5-7(4-9(14)15)11-8(13)6-12/h7H,4-6H2,1-3H3,(H,11,13)(H,14,15). The summed E-state index contributed by atoms with van der Waals surface area (Å²) >= 11 is 0. The fourth-order valence-electron chi connectivity index (χ4n) is 1.66. The van der Waals surface area contributed by atoms with E-state index in [0.29, 0.717) is 13.1 Å². The number of nitrogens with one attached hydrogen (secondary N) is 1. The van der Waals surface area contributed by atoms with Crippen molar-refractivity contribution < 1.29 is 14.7 Å². The van der Waals surface area contributed by atoms with Gasteiger partial charge in [0, 0.05) is 12.1 Å². The fourth-order valence-corrected chi connectivity index (χ4v) is 1.66. The van der Waals surface area contributed by atoms with Crippen molar-refractivity contribution in [3.8, 4) is 0 Å². The summed E-state index contributed by atoms with van der Waals surface area (Å²) in [5.74, 6) is -0.974. The van der Waals surface area contributed by atoms with Gasteiger partial charge in [-0.1, -0.05) is 0 Å². The van der Waals surface area contributed by atoms with Crippen LogP contribution in [-0.2, 0) is 9.59 Å². The van der Waals surface area contributed by atoms with E-state index in [1.54, 1.807) is 0 Å². The third-order valence-electron chi connectivity index (χ3n) is 2.51. The summed E-state index contributed by atoms with van der Waals surface area (Å²) in [7, 11) is 0. The highest BCUT2D eigenvalue weighted by molar-refractivity contribution is 5.80. The maximum absolute atomic E-state index is 11.4. The number of aliphatic carboxylic acids is 1. The molecule has 0 aromatic rings. The van der Waals surface area contributed by atoms with Gasteiger partial charge >= 0.3 is 5.97 Å². The molecule has 1 unspecified atom stereocenters. The molecule has 0 bridgehead atoms. The molecule has 1 amide bonds. The summed E-state index contributed by atoms with van der Waals surface area (Å²) in [5, 5.41) is 11.4. The highest BCUT2D eigenvalue weighted by Gasteiger charge is 2.32. The van der Waals surface area contributed by atoms with Crippen LogP contribution in [0, 0.1) is 0 Å². The maximum atomic E-state index is 11.4. The Morgan fingerprint density at radius 2 is 2.20 bits per heavy atom. The van der Waals surface area contributed by atoms with Crippen molar-refractivity contribution in [2.45, 2.75) is 38.8 Å². The number of carboxylic acid groups (broad SMARTS) is 1. The maximum Gasteiger partial charge on any atom is 0.305 e. The van der Waals surface area contributed by atoms with E-state index < -0.39 is 5.97 Å². The number of carboxylic acids is 1. The van der Waals surface area contributed by atoms with Crippen molar-refractivity contribution in [3.05, 3.63) is 0 Å². The van der Waals surface area contributed by atoms with E-state index in [0.717, 1.165) is 0 Å². The first kappa shape index (κ1) is 12.0. The van der Waals surface area contributed by atoms with E-state index >= 15 is 0 Å². The van der Waals surface area contributed by atoms with E-state index in [2.05, 4.69) is 5.32 Å². The second-order valence-corrected chi connectivity index (χ2v) is 4.91. The van der Waals surface area contributed by atoms with Crippen molar-refractivity contribution >= 4 is 11.9 Å². The molecule has 1 rings (SSSR count). The number of carbonyl (C=O) groups excluding carboxylic acids is 1. The molecule has 0 aromatic carbocycles. The number of amides is 1. The van der Waals surface area contributed by atoms with E-state index in [9.17, 15) is 9.59 Å². The first-order valence-electron chi connectivity index (χ1n) is 5.05. The van der Waals surface area contributed by atoms with Gasteiger partial charge in [-0.15, -0.1) is 0 Å². The van der Waals surface area contributed by atoms with Crippen LogP contribution >= 0.6 is 0 Å². The lowest BCUT2D eigenvalue weighted by Crippen LogP contribution is -2.59. The van der Waals surface area contributed by atoms with Crippen molar-refractivity contribution in [2.75, 3.05) is 13.1 Å². The molecule has 1 saturated heterocycles. The summed E-state index contributed by atoms with van der Waals surface area (Å²) in [6.07, 6.45) is -0.0156. The SMILES string of the molecule is CC(C)(C)N1CC(=O)NC(CC(=O)O)C1. The molecule has 0 aliphatic carbocycles. The largest absolute Gasteiger partial charge is 0.481 e. The highest BCUT2D eigenvalue weighted by Crippen LogP contribution is 2.16. The van der Waals surface area contributed by atoms with Gasteiger partial charge in [0.25, 0.3) is 0 Å². The van der Waals surface area contributed by atoms with E-state index in [4.69, 9.17) is 5.11 Å². The molecule has 1 aliphatic rings. The van der Waals surface area contributed by atoms with Crippen LogP contribution in [0.25, 0.3) is 0 Å². The molecule has 1 fully saturated rings. The minimum Gasteiger partial charge on any atom is -0.481 e. The zero-order valence-corrected chi connectivity index (χ0v) is 9.41. The van der Waals surface area contributed by atoms with Crippen molar-refractivity contribution in [3.63, 3.8) is 0 Å². The van der Waals surface area contributed by atoms with E-state index in [1.165, 1.54) is 0 Å². The zero-order valence-electron chi connectivity index (χ0n) is 9.41. The lowest BCUT2D eigenvalue weighted by atomic mass is 10.0. The fraction of sp³-hybridized carbons (Fsp3) is 0.800. The summed E-state index contributed by atoms with van der Waals surface area (Å²) < 4.78 is 0. The average molecular weight is 214 g/mol. The number of piperazine rings is 1. The number of nitrogens with zero attached hydrogens (tertiary/aromatic N) is 1. The van der Waals surface area contributed by atoms with Gasteiger partial charge in [-0.05, 0) is 20.8 Å². The first-order chi connectivity index (χ1) is 6.79. The molecule has 1 atom stereocenters. The van der Waals surface area contributed by atoms with Crippen molar-refractivity contribution in [2.24, 2.45) is 0 Å². The Morgan fingerprint density at radius 1 is 1.60 bits per heavy atom. The lowest BCUT2D eigenvalue weighted by molar-refractivity contribution is -0.139. The topological polar surface area (TPSA) is 69.6 Å². The summed E-state index contributed by atoms with van der Waals surface area (Å²) in [6.45, 7) is 7.00. The zero-order chi connectivity index (χ0) is 11.6. The van der Waals surface area contributed by atoms with E-state index in [1.807, 2.05) is 25.7 Å². The molecule has 0 radical (unpaired) electrons. The predicted molar refractivity (Wildman–Crippen MR) is 55.5 cm³/mol. The monoisotopic (exact) mass is 214 g/mol. The molecular formula is C10H18N2O3. The van der Waals surface area contributed by atoms with Gasteiger partial charge in [-0.25, -0.2) is 0 Å². The Hall–Kier alpha value is -1.10. The summed E-state index contributed by atoms with van der Waals surface area (Å²) in [4.78, 5) is 23.9. The van der Waals surface area contributed by atoms with Gasteiger partial charge in [0.2, 0.25) is 5.91 Å². The Bertz CT molecular complexity index is 268. The highest BCUT2D eigenvalue weighted by atomic mass is 16.4. The van der Waals surface area contributed by atoms with Gasteiger partial charge in [0.15, 0.2) is 0 Å². The molecule has 2 N–H and O–H groups in total. The van der Waals surface area contributed by atoms with Gasteiger partial charge in [-0.3, -0.25) is 14.5 Å². The minimum atomic E-state index is -0.879. The smallest absolute Gasteiger partial charge is 0.305 e. The Kier molecular flexibility index (Phi) is 3.34. The molecule has 0 spiro atoms. The average Bonchev–Trinajstić information content (AvgIpc) is 1.99. The second kappa shape index (κ2) is 4.18. The molecule has 0 saturated carbocycles. The number of hydrogen-bond donors (Lipinski definition) is 2. The van der Waals surface area contributed by atoms with Crippen LogP contribution in [-0.4, -0.2) is 46.6 Å². The lowest BCUT2D eigenvalue weighted by Gasteiger charge is -2.41. The molecule has 1 aliphatic heterocycles. The first-order valence-corrected chi connectivity index (χ1v) is 5.05. The quantitative estimate of drug-likeness (QED) is 0.682. The molecule has 15 heavy (non-hydrogen) atoms. The molecular weight excluding hydrogens is 196 g/mol. The van der Waals surface area contributed by atoms with Crippen molar-refractivity contribution in [1.82, 2.24) is 10.2 Å². The van der Waals surface area contributed by atoms with E-state index in [-0.39, 0.29) is 23.9 Å². The van der Waals surface area contributed by atoms with Crippen LogP contribution in [0.15, 0.2) is 0 Å². The van der Waals surface area contributed by atoms with Crippen LogP contribution in [0.4, 0.5) is 0 Å². The second-order valence-electron chi connectivity index (χ2n) is 4.91. The van der Waals surface area contributed by atoms with Gasteiger partial charge < -0.3 is 10.4 Å². The number of hydrogen-bond acceptors (Lipinski definition) is 3. The number of rotatable bonds is 2. The van der Waals surface area contributed by atoms with Crippen LogP contribution in [0.3, 0.4) is 0 Å². The minimum absolute atomic E-state index is 0.0156. The summed E-state index contributed by atoms with van der Waals surface area (Å²) in [5.41, 5.74) is -0.103. The molecule has 86 valence electrons. The Morgan fingerprint density at radius 3 is 2.67 bits per heavy atom. The predicted octanol–water partition coefficient (Wildman–Crippen LogP) is 0.0600. The van der Waals surface area contributed by atoms with Crippen LogP contribution in [0.1, 0.15) is 27.2 Å². The molecule has 1 heterocycles. The molecule has 0 aromatic heterocycles. The van der Waals surface area contributed by atoms with Crippen molar-refractivity contribution in [1.29, 1.82) is 0 Å². The van der Waals surface area contributed by atoms with Crippen LogP contribution in [0.2, 0.25) is 0 Å². The van der Waals surface area contributed by atoms with Gasteiger partial charge in [0.1, 0.15) is 0 Å². The van der Waals surface area contributed by atoms with Gasteiger partial charge in [-0.2, -0.15) is 0 Å². The molecule has 5 heteroatoms. The van der Waals surface area contributed by atoms with Gasteiger partial charge in [0.05, 0.1) is 19.0 Å². The van der Waals surface area contributed by atoms with Crippen LogP contribution < -0.4 is 5.32 Å². The third-order valence-corrected chi connectivity index (χ3v) is 2.51. The number of carbonyl (C=O) groups is 2. The Balaban J connectivity index is 2.64. The molecule has 5 nitrogen and oxygen atoms in total. The van der Waals surface area contributed by atoms with Crippen LogP contribution in [0.5, 0.6) is 0 Å². The third kappa shape index (κ3) is 3.51. The normalized spacial score (nSPS) is 23.7. The Labute approximate surface area is 89.4 Å². The summed E-state index contributed by atoms with van der Waals surface area (Å²) in [6, 6.07) is -0.275.